The summed E-state index contributed by atoms with van der Waals surface area (Å²) in [6, 6.07) is 17.5. The van der Waals surface area contributed by atoms with Gasteiger partial charge in [-0.25, -0.2) is 8.42 Å². The van der Waals surface area contributed by atoms with Crippen molar-refractivity contribution in [3.05, 3.63) is 83.6 Å². The number of H-pyrrole nitrogens is 1. The Hall–Kier alpha value is -3.20. The van der Waals surface area contributed by atoms with Gasteiger partial charge in [-0.15, -0.1) is 0 Å². The Morgan fingerprint density at radius 3 is 2.23 bits per heavy atom. The van der Waals surface area contributed by atoms with E-state index in [-0.39, 0.29) is 36.1 Å². The van der Waals surface area contributed by atoms with E-state index in [4.69, 9.17) is 11.6 Å². The maximum Gasteiger partial charge on any atom is 0.258 e. The molecule has 2 aromatic heterocycles. The monoisotopic (exact) mass is 508 g/mol. The molecule has 1 amide bonds. The number of hydrogen-bond donors (Lipinski definition) is 1. The second-order valence-electron chi connectivity index (χ2n) is 8.91. The SMILES string of the molecule is CC1CN(S(=O)(=O)c2cc3cc(Cl)ccc3[nH]2)CC(C)N1C(=O)c1ccc(-c2ccncc2)cc1. The van der Waals surface area contributed by atoms with Crippen molar-refractivity contribution in [2.75, 3.05) is 13.1 Å². The Bertz CT molecular complexity index is 1470. The van der Waals surface area contributed by atoms with Gasteiger partial charge in [0.05, 0.1) is 0 Å². The van der Waals surface area contributed by atoms with Crippen LogP contribution in [0.3, 0.4) is 0 Å². The first-order valence-corrected chi connectivity index (χ1v) is 13.2. The summed E-state index contributed by atoms with van der Waals surface area (Å²) in [6.45, 7) is 4.19. The molecule has 2 atom stereocenters. The molecule has 2 unspecified atom stereocenters. The number of piperazine rings is 1. The quantitative estimate of drug-likeness (QED) is 0.428. The number of halogens is 1. The van der Waals surface area contributed by atoms with E-state index in [2.05, 4.69) is 9.97 Å². The molecule has 2 aromatic carbocycles. The standard InChI is InChI=1S/C26H25ClN4O3S/c1-17-15-30(35(33,34)25-14-22-13-23(27)7-8-24(22)29-25)16-18(2)31(17)26(32)21-5-3-19(4-6-21)20-9-11-28-12-10-20/h3-14,17-18,29H,15-16H2,1-2H3. The molecule has 0 spiro atoms. The second-order valence-corrected chi connectivity index (χ2v) is 11.3. The third-order valence-corrected chi connectivity index (χ3v) is 8.43. The largest absolute Gasteiger partial charge is 0.345 e. The van der Waals surface area contributed by atoms with Crippen LogP contribution in [0.2, 0.25) is 5.02 Å². The van der Waals surface area contributed by atoms with E-state index < -0.39 is 10.0 Å². The number of carbonyl (C=O) groups excluding carboxylic acids is 1. The molecule has 1 fully saturated rings. The van der Waals surface area contributed by atoms with E-state index in [1.807, 2.05) is 50.2 Å². The van der Waals surface area contributed by atoms with Crippen molar-refractivity contribution >= 4 is 38.4 Å². The van der Waals surface area contributed by atoms with Gasteiger partial charge in [0.1, 0.15) is 5.03 Å². The minimum Gasteiger partial charge on any atom is -0.345 e. The summed E-state index contributed by atoms with van der Waals surface area (Å²) in [5, 5.41) is 1.41. The summed E-state index contributed by atoms with van der Waals surface area (Å²) in [7, 11) is -3.76. The number of nitrogens with one attached hydrogen (secondary N) is 1. The number of hydrogen-bond acceptors (Lipinski definition) is 4. The summed E-state index contributed by atoms with van der Waals surface area (Å²) in [4.78, 5) is 22.2. The van der Waals surface area contributed by atoms with Crippen LogP contribution in [-0.2, 0) is 10.0 Å². The van der Waals surface area contributed by atoms with Crippen LogP contribution in [-0.4, -0.2) is 58.7 Å². The Balaban J connectivity index is 1.34. The van der Waals surface area contributed by atoms with E-state index in [0.29, 0.717) is 16.1 Å². The fraction of sp³-hybridized carbons (Fsp3) is 0.231. The van der Waals surface area contributed by atoms with Crippen LogP contribution >= 0.6 is 11.6 Å². The van der Waals surface area contributed by atoms with E-state index in [1.165, 1.54) is 4.31 Å². The molecule has 1 N–H and O–H groups in total. The highest BCUT2D eigenvalue weighted by Crippen LogP contribution is 2.28. The fourth-order valence-electron chi connectivity index (χ4n) is 4.72. The van der Waals surface area contributed by atoms with Crippen LogP contribution in [0.25, 0.3) is 22.0 Å². The van der Waals surface area contributed by atoms with Crippen LogP contribution in [0.4, 0.5) is 0 Å². The summed E-state index contributed by atoms with van der Waals surface area (Å²) < 4.78 is 28.3. The molecule has 5 rings (SSSR count). The lowest BCUT2D eigenvalue weighted by Crippen LogP contribution is -2.59. The summed E-state index contributed by atoms with van der Waals surface area (Å²) >= 11 is 6.05. The fourth-order valence-corrected chi connectivity index (χ4v) is 6.52. The summed E-state index contributed by atoms with van der Waals surface area (Å²) in [5.41, 5.74) is 3.31. The maximum atomic E-state index is 13.4. The van der Waals surface area contributed by atoms with Gasteiger partial charge in [-0.1, -0.05) is 23.7 Å². The average molecular weight is 509 g/mol. The zero-order valence-corrected chi connectivity index (χ0v) is 20.9. The van der Waals surface area contributed by atoms with Crippen molar-refractivity contribution in [1.29, 1.82) is 0 Å². The molecule has 1 aliphatic heterocycles. The van der Waals surface area contributed by atoms with Gasteiger partial charge in [0.15, 0.2) is 0 Å². The summed E-state index contributed by atoms with van der Waals surface area (Å²) in [6.07, 6.45) is 3.46. The number of aromatic nitrogens is 2. The van der Waals surface area contributed by atoms with Crippen molar-refractivity contribution in [3.63, 3.8) is 0 Å². The van der Waals surface area contributed by atoms with Crippen LogP contribution in [0.1, 0.15) is 24.2 Å². The lowest BCUT2D eigenvalue weighted by atomic mass is 10.0. The molecule has 9 heteroatoms. The molecule has 35 heavy (non-hydrogen) atoms. The van der Waals surface area contributed by atoms with Gasteiger partial charge in [-0.2, -0.15) is 4.31 Å². The Morgan fingerprint density at radius 1 is 0.943 bits per heavy atom. The van der Waals surface area contributed by atoms with Crippen molar-refractivity contribution in [1.82, 2.24) is 19.2 Å². The van der Waals surface area contributed by atoms with E-state index in [1.54, 1.807) is 41.6 Å². The predicted molar refractivity (Wildman–Crippen MR) is 137 cm³/mol. The Morgan fingerprint density at radius 2 is 1.57 bits per heavy atom. The van der Waals surface area contributed by atoms with Gasteiger partial charge in [0.2, 0.25) is 0 Å². The number of nitrogens with zero attached hydrogens (tertiary/aromatic N) is 3. The van der Waals surface area contributed by atoms with Gasteiger partial charge >= 0.3 is 0 Å². The molecule has 1 saturated heterocycles. The van der Waals surface area contributed by atoms with Gasteiger partial charge in [0.25, 0.3) is 15.9 Å². The highest BCUT2D eigenvalue weighted by Gasteiger charge is 2.39. The number of benzene rings is 2. The number of fused-ring (bicyclic) bond motifs is 1. The molecule has 1 aliphatic rings. The van der Waals surface area contributed by atoms with Gasteiger partial charge in [-0.3, -0.25) is 9.78 Å². The highest BCUT2D eigenvalue weighted by atomic mass is 35.5. The minimum absolute atomic E-state index is 0.108. The van der Waals surface area contributed by atoms with E-state index in [0.717, 1.165) is 16.5 Å². The van der Waals surface area contributed by atoms with E-state index >= 15 is 0 Å². The zero-order chi connectivity index (χ0) is 24.7. The molecular formula is C26H25ClN4O3S. The molecule has 0 bridgehead atoms. The average Bonchev–Trinajstić information content (AvgIpc) is 3.28. The highest BCUT2D eigenvalue weighted by molar-refractivity contribution is 7.89. The predicted octanol–water partition coefficient (Wildman–Crippen LogP) is 4.81. The molecule has 0 radical (unpaired) electrons. The second kappa shape index (κ2) is 9.11. The van der Waals surface area contributed by atoms with Crippen LogP contribution in [0.15, 0.2) is 78.1 Å². The van der Waals surface area contributed by atoms with Crippen molar-refractivity contribution < 1.29 is 13.2 Å². The number of rotatable bonds is 4. The molecule has 3 heterocycles. The molecular weight excluding hydrogens is 484 g/mol. The first kappa shape index (κ1) is 23.5. The molecule has 0 aliphatic carbocycles. The zero-order valence-electron chi connectivity index (χ0n) is 19.3. The Kier molecular flexibility index (Phi) is 6.13. The molecule has 180 valence electrons. The number of pyridine rings is 1. The Labute approximate surface area is 209 Å². The number of carbonyl (C=O) groups is 1. The lowest BCUT2D eigenvalue weighted by molar-refractivity contribution is 0.0440. The van der Waals surface area contributed by atoms with Crippen molar-refractivity contribution in [2.24, 2.45) is 0 Å². The third-order valence-electron chi connectivity index (χ3n) is 6.44. The minimum atomic E-state index is -3.76. The molecule has 4 aromatic rings. The number of sulfonamides is 1. The van der Waals surface area contributed by atoms with Crippen LogP contribution in [0, 0.1) is 0 Å². The normalized spacial score (nSPS) is 19.2. The third kappa shape index (κ3) is 4.45. The number of aromatic amines is 1. The number of amides is 1. The van der Waals surface area contributed by atoms with Crippen LogP contribution < -0.4 is 0 Å². The smallest absolute Gasteiger partial charge is 0.258 e. The molecule has 0 saturated carbocycles. The lowest BCUT2D eigenvalue weighted by Gasteiger charge is -2.43. The first-order chi connectivity index (χ1) is 16.7. The molecule has 7 nitrogen and oxygen atoms in total. The summed E-state index contributed by atoms with van der Waals surface area (Å²) in [5.74, 6) is -0.108. The van der Waals surface area contributed by atoms with E-state index in [9.17, 15) is 13.2 Å². The maximum absolute atomic E-state index is 13.4. The first-order valence-electron chi connectivity index (χ1n) is 11.4. The van der Waals surface area contributed by atoms with Crippen LogP contribution in [0.5, 0.6) is 0 Å². The topological polar surface area (TPSA) is 86.4 Å². The van der Waals surface area contributed by atoms with Crippen molar-refractivity contribution in [3.8, 4) is 11.1 Å². The van der Waals surface area contributed by atoms with Crippen molar-refractivity contribution in [2.45, 2.75) is 31.0 Å². The van der Waals surface area contributed by atoms with Gasteiger partial charge in [0, 0.05) is 59.1 Å². The van der Waals surface area contributed by atoms with Gasteiger partial charge in [-0.05, 0) is 73.5 Å². The van der Waals surface area contributed by atoms with Gasteiger partial charge < -0.3 is 9.88 Å².